The lowest BCUT2D eigenvalue weighted by atomic mass is 9.90. The van der Waals surface area contributed by atoms with Crippen LogP contribution in [0.3, 0.4) is 0 Å². The van der Waals surface area contributed by atoms with E-state index in [4.69, 9.17) is 9.84 Å². The van der Waals surface area contributed by atoms with Gasteiger partial charge in [0.05, 0.1) is 24.5 Å². The minimum atomic E-state index is -0.934. The molecule has 0 atom stereocenters. The summed E-state index contributed by atoms with van der Waals surface area (Å²) in [6.07, 6.45) is 0. The number of nitrogens with one attached hydrogen (secondary N) is 1. The van der Waals surface area contributed by atoms with Gasteiger partial charge in [0.15, 0.2) is 0 Å². The average molecular weight is 350 g/mol. The SMILES string of the molecule is CC(C)(COCc1ccccc1)c1cc(-c2ccc(C(=O)O)cc2)n[nH]1. The third kappa shape index (κ3) is 4.18. The molecule has 0 bridgehead atoms. The van der Waals surface area contributed by atoms with Crippen molar-refractivity contribution in [1.29, 1.82) is 0 Å². The zero-order chi connectivity index (χ0) is 18.6. The number of aromatic carboxylic acids is 1. The van der Waals surface area contributed by atoms with E-state index in [0.29, 0.717) is 13.2 Å². The van der Waals surface area contributed by atoms with E-state index in [1.54, 1.807) is 24.3 Å². The van der Waals surface area contributed by atoms with Crippen LogP contribution in [0.2, 0.25) is 0 Å². The zero-order valence-electron chi connectivity index (χ0n) is 14.9. The first-order valence-electron chi connectivity index (χ1n) is 8.47. The quantitative estimate of drug-likeness (QED) is 0.667. The summed E-state index contributed by atoms with van der Waals surface area (Å²) < 4.78 is 5.88. The predicted octanol–water partition coefficient (Wildman–Crippen LogP) is 4.27. The van der Waals surface area contributed by atoms with Crippen molar-refractivity contribution in [3.63, 3.8) is 0 Å². The Morgan fingerprint density at radius 2 is 1.81 bits per heavy atom. The molecule has 0 aliphatic carbocycles. The molecule has 0 spiro atoms. The number of carboxylic acids is 1. The number of aromatic nitrogens is 2. The lowest BCUT2D eigenvalue weighted by Crippen LogP contribution is -2.24. The number of nitrogens with zero attached hydrogens (tertiary/aromatic N) is 1. The highest BCUT2D eigenvalue weighted by atomic mass is 16.5. The summed E-state index contributed by atoms with van der Waals surface area (Å²) in [6, 6.07) is 18.8. The van der Waals surface area contributed by atoms with Crippen LogP contribution in [0.1, 0.15) is 35.5 Å². The largest absolute Gasteiger partial charge is 0.478 e. The van der Waals surface area contributed by atoms with Crippen molar-refractivity contribution >= 4 is 5.97 Å². The van der Waals surface area contributed by atoms with Gasteiger partial charge >= 0.3 is 5.97 Å². The van der Waals surface area contributed by atoms with Crippen molar-refractivity contribution in [1.82, 2.24) is 10.2 Å². The van der Waals surface area contributed by atoms with Crippen LogP contribution >= 0.6 is 0 Å². The minimum Gasteiger partial charge on any atom is -0.478 e. The van der Waals surface area contributed by atoms with Crippen LogP contribution in [-0.2, 0) is 16.8 Å². The van der Waals surface area contributed by atoms with Gasteiger partial charge in [0.1, 0.15) is 0 Å². The second kappa shape index (κ2) is 7.54. The summed E-state index contributed by atoms with van der Waals surface area (Å²) in [7, 11) is 0. The number of H-pyrrole nitrogens is 1. The number of hydrogen-bond acceptors (Lipinski definition) is 3. The van der Waals surface area contributed by atoms with Crippen LogP contribution in [0, 0.1) is 0 Å². The normalized spacial score (nSPS) is 11.5. The van der Waals surface area contributed by atoms with Gasteiger partial charge in [-0.25, -0.2) is 4.79 Å². The Morgan fingerprint density at radius 1 is 1.12 bits per heavy atom. The Hall–Kier alpha value is -2.92. The highest BCUT2D eigenvalue weighted by Gasteiger charge is 2.24. The molecule has 0 aliphatic rings. The van der Waals surface area contributed by atoms with Crippen LogP contribution in [0.4, 0.5) is 0 Å². The van der Waals surface area contributed by atoms with E-state index in [2.05, 4.69) is 24.0 Å². The molecule has 0 radical (unpaired) electrons. The van der Waals surface area contributed by atoms with Gasteiger partial charge in [-0.2, -0.15) is 5.10 Å². The topological polar surface area (TPSA) is 75.2 Å². The summed E-state index contributed by atoms with van der Waals surface area (Å²) in [5, 5.41) is 16.4. The smallest absolute Gasteiger partial charge is 0.335 e. The standard InChI is InChI=1S/C21H22N2O3/c1-21(2,14-26-13-15-6-4-3-5-7-15)19-12-18(22-23-19)16-8-10-17(11-9-16)20(24)25/h3-12H,13-14H2,1-2H3,(H,22,23)(H,24,25). The first-order chi connectivity index (χ1) is 12.5. The monoisotopic (exact) mass is 350 g/mol. The van der Waals surface area contributed by atoms with Crippen LogP contribution in [0.5, 0.6) is 0 Å². The van der Waals surface area contributed by atoms with Gasteiger partial charge in [-0.1, -0.05) is 56.3 Å². The van der Waals surface area contributed by atoms with Gasteiger partial charge < -0.3 is 9.84 Å². The van der Waals surface area contributed by atoms with E-state index >= 15 is 0 Å². The molecule has 0 saturated heterocycles. The molecule has 0 unspecified atom stereocenters. The first kappa shape index (κ1) is 17.9. The summed E-state index contributed by atoms with van der Waals surface area (Å²) >= 11 is 0. The maximum absolute atomic E-state index is 11.0. The lowest BCUT2D eigenvalue weighted by Gasteiger charge is -2.22. The van der Waals surface area contributed by atoms with Gasteiger partial charge in [-0.05, 0) is 23.8 Å². The molecular weight excluding hydrogens is 328 g/mol. The van der Waals surface area contributed by atoms with Gasteiger partial charge in [0, 0.05) is 16.7 Å². The number of benzene rings is 2. The predicted molar refractivity (Wildman–Crippen MR) is 100 cm³/mol. The highest BCUT2D eigenvalue weighted by Crippen LogP contribution is 2.26. The molecule has 3 aromatic rings. The molecule has 2 aromatic carbocycles. The van der Waals surface area contributed by atoms with Gasteiger partial charge in [0.2, 0.25) is 0 Å². The maximum Gasteiger partial charge on any atom is 0.335 e. The number of carboxylic acid groups (broad SMARTS) is 1. The number of rotatable bonds is 7. The average Bonchev–Trinajstić information content (AvgIpc) is 3.14. The molecule has 0 aliphatic heterocycles. The third-order valence-electron chi connectivity index (χ3n) is 4.31. The summed E-state index contributed by atoms with van der Waals surface area (Å²) in [5.74, 6) is -0.934. The summed E-state index contributed by atoms with van der Waals surface area (Å²) in [4.78, 5) is 11.0. The van der Waals surface area contributed by atoms with Crippen molar-refractivity contribution in [3.8, 4) is 11.3 Å². The molecular formula is C21H22N2O3. The number of aromatic amines is 1. The van der Waals surface area contributed by atoms with Gasteiger partial charge in [0.25, 0.3) is 0 Å². The first-order valence-corrected chi connectivity index (χ1v) is 8.47. The molecule has 5 nitrogen and oxygen atoms in total. The van der Waals surface area contributed by atoms with E-state index in [9.17, 15) is 4.79 Å². The molecule has 1 heterocycles. The van der Waals surface area contributed by atoms with Gasteiger partial charge in [-0.3, -0.25) is 5.10 Å². The number of hydrogen-bond donors (Lipinski definition) is 2. The molecule has 0 fully saturated rings. The Morgan fingerprint density at radius 3 is 2.46 bits per heavy atom. The molecule has 1 aromatic heterocycles. The second-order valence-corrected chi connectivity index (χ2v) is 6.91. The third-order valence-corrected chi connectivity index (χ3v) is 4.31. The fraction of sp³-hybridized carbons (Fsp3) is 0.238. The van der Waals surface area contributed by atoms with Crippen LogP contribution in [-0.4, -0.2) is 27.9 Å². The fourth-order valence-corrected chi connectivity index (χ4v) is 2.68. The summed E-state index contributed by atoms with van der Waals surface area (Å²) in [5.41, 5.74) is 3.82. The van der Waals surface area contributed by atoms with E-state index in [0.717, 1.165) is 22.5 Å². The van der Waals surface area contributed by atoms with Crippen molar-refractivity contribution in [2.24, 2.45) is 0 Å². The van der Waals surface area contributed by atoms with Gasteiger partial charge in [-0.15, -0.1) is 0 Å². The Balaban J connectivity index is 1.66. The number of carbonyl (C=O) groups is 1. The van der Waals surface area contributed by atoms with Crippen molar-refractivity contribution in [2.75, 3.05) is 6.61 Å². The highest BCUT2D eigenvalue weighted by molar-refractivity contribution is 5.88. The fourth-order valence-electron chi connectivity index (χ4n) is 2.68. The molecule has 0 amide bonds. The molecule has 26 heavy (non-hydrogen) atoms. The van der Waals surface area contributed by atoms with E-state index in [-0.39, 0.29) is 11.0 Å². The van der Waals surface area contributed by atoms with Crippen molar-refractivity contribution in [3.05, 3.63) is 77.5 Å². The number of ether oxygens (including phenoxy) is 1. The zero-order valence-corrected chi connectivity index (χ0v) is 14.9. The Kier molecular flexibility index (Phi) is 5.19. The lowest BCUT2D eigenvalue weighted by molar-refractivity contribution is 0.0697. The van der Waals surface area contributed by atoms with E-state index in [1.165, 1.54) is 0 Å². The Labute approximate surface area is 152 Å². The van der Waals surface area contributed by atoms with Crippen LogP contribution in [0.15, 0.2) is 60.7 Å². The minimum absolute atomic E-state index is 0.221. The van der Waals surface area contributed by atoms with Crippen molar-refractivity contribution in [2.45, 2.75) is 25.9 Å². The maximum atomic E-state index is 11.0. The van der Waals surface area contributed by atoms with E-state index < -0.39 is 5.97 Å². The van der Waals surface area contributed by atoms with Crippen molar-refractivity contribution < 1.29 is 14.6 Å². The molecule has 134 valence electrons. The summed E-state index contributed by atoms with van der Waals surface area (Å²) in [6.45, 7) is 5.33. The van der Waals surface area contributed by atoms with E-state index in [1.807, 2.05) is 36.4 Å². The molecule has 0 saturated carbocycles. The van der Waals surface area contributed by atoms with Crippen LogP contribution in [0.25, 0.3) is 11.3 Å². The molecule has 5 heteroatoms. The second-order valence-electron chi connectivity index (χ2n) is 6.91. The Bertz CT molecular complexity index is 868. The molecule has 2 N–H and O–H groups in total. The van der Waals surface area contributed by atoms with Crippen LogP contribution < -0.4 is 0 Å². The molecule has 3 rings (SSSR count).